The first-order chi connectivity index (χ1) is 13.3. The van der Waals surface area contributed by atoms with E-state index >= 15 is 0 Å². The fraction of sp³-hybridized carbons (Fsp3) is 0.421. The molecule has 0 aliphatic carbocycles. The molecule has 0 spiro atoms. The maximum absolute atomic E-state index is 12.5. The molecule has 1 N–H and O–H groups in total. The second-order valence-corrected chi connectivity index (χ2v) is 6.46. The normalized spacial score (nSPS) is 16.8. The van der Waals surface area contributed by atoms with Gasteiger partial charge in [-0.25, -0.2) is 9.97 Å². The number of nitrogens with one attached hydrogen (secondary N) is 1. The molecule has 1 amide bonds. The number of hydrogen-bond acceptors (Lipinski definition) is 7. The van der Waals surface area contributed by atoms with Gasteiger partial charge in [0.05, 0.1) is 5.56 Å². The molecule has 0 unspecified atom stereocenters. The third-order valence-electron chi connectivity index (χ3n) is 4.73. The fourth-order valence-electron chi connectivity index (χ4n) is 3.30. The van der Waals surface area contributed by atoms with Gasteiger partial charge in [-0.15, -0.1) is 0 Å². The molecular weight excluding hydrogens is 346 g/mol. The standard InChI is InChI=1S/C19H23N5O3/c25-18(15-3-1-4-16-17(15)27-14-13-26-16)20-7-8-23-9-11-24(12-10-23)19-21-5-2-6-22-19/h1-6H,7-14H2,(H,20,25). The van der Waals surface area contributed by atoms with Crippen LogP contribution >= 0.6 is 0 Å². The van der Waals surface area contributed by atoms with Crippen LogP contribution in [0.15, 0.2) is 36.7 Å². The monoisotopic (exact) mass is 369 g/mol. The zero-order valence-electron chi connectivity index (χ0n) is 15.1. The molecule has 0 radical (unpaired) electrons. The van der Waals surface area contributed by atoms with Crippen LogP contribution in [0.5, 0.6) is 11.5 Å². The number of hydrogen-bond donors (Lipinski definition) is 1. The van der Waals surface area contributed by atoms with Gasteiger partial charge in [-0.3, -0.25) is 9.69 Å². The number of nitrogens with zero attached hydrogens (tertiary/aromatic N) is 4. The van der Waals surface area contributed by atoms with Gasteiger partial charge in [-0.1, -0.05) is 6.07 Å². The molecule has 142 valence electrons. The maximum Gasteiger partial charge on any atom is 0.255 e. The Bertz CT molecular complexity index is 778. The van der Waals surface area contributed by atoms with Crippen LogP contribution in [0.25, 0.3) is 0 Å². The van der Waals surface area contributed by atoms with E-state index in [0.29, 0.717) is 36.8 Å². The second-order valence-electron chi connectivity index (χ2n) is 6.46. The molecule has 1 saturated heterocycles. The number of ether oxygens (including phenoxy) is 2. The Morgan fingerprint density at radius 1 is 1.04 bits per heavy atom. The number of aromatic nitrogens is 2. The Labute approximate surface area is 158 Å². The van der Waals surface area contributed by atoms with Crippen LogP contribution in [0.2, 0.25) is 0 Å². The van der Waals surface area contributed by atoms with Crippen LogP contribution in [0.3, 0.4) is 0 Å². The number of carbonyl (C=O) groups is 1. The Kier molecular flexibility index (Phi) is 5.34. The first-order valence-electron chi connectivity index (χ1n) is 9.22. The molecule has 8 heteroatoms. The average Bonchev–Trinajstić information content (AvgIpc) is 2.74. The van der Waals surface area contributed by atoms with Gasteiger partial charge in [0, 0.05) is 51.7 Å². The number of piperazine rings is 1. The number of carbonyl (C=O) groups excluding carboxylic acids is 1. The number of fused-ring (bicyclic) bond motifs is 1. The average molecular weight is 369 g/mol. The molecule has 0 atom stereocenters. The first kappa shape index (κ1) is 17.5. The van der Waals surface area contributed by atoms with E-state index in [4.69, 9.17) is 9.47 Å². The molecule has 4 rings (SSSR count). The zero-order chi connectivity index (χ0) is 18.5. The largest absolute Gasteiger partial charge is 0.486 e. The SMILES string of the molecule is O=C(NCCN1CCN(c2ncccn2)CC1)c1cccc2c1OCCO2. The minimum atomic E-state index is -0.131. The number of amides is 1. The molecule has 1 aromatic carbocycles. The van der Waals surface area contributed by atoms with Crippen molar-refractivity contribution in [3.8, 4) is 11.5 Å². The van der Waals surface area contributed by atoms with Crippen molar-refractivity contribution >= 4 is 11.9 Å². The summed E-state index contributed by atoms with van der Waals surface area (Å²) in [5, 5.41) is 2.98. The molecule has 0 bridgehead atoms. The minimum Gasteiger partial charge on any atom is -0.486 e. The lowest BCUT2D eigenvalue weighted by atomic mass is 10.1. The summed E-state index contributed by atoms with van der Waals surface area (Å²) in [5.41, 5.74) is 0.526. The lowest BCUT2D eigenvalue weighted by Gasteiger charge is -2.34. The lowest BCUT2D eigenvalue weighted by Crippen LogP contribution is -2.49. The van der Waals surface area contributed by atoms with E-state index in [9.17, 15) is 4.79 Å². The third kappa shape index (κ3) is 4.11. The summed E-state index contributed by atoms with van der Waals surface area (Å²) in [7, 11) is 0. The van der Waals surface area contributed by atoms with Crippen LogP contribution < -0.4 is 19.7 Å². The van der Waals surface area contributed by atoms with Gasteiger partial charge < -0.3 is 19.7 Å². The van der Waals surface area contributed by atoms with Gasteiger partial charge in [0.25, 0.3) is 5.91 Å². The van der Waals surface area contributed by atoms with E-state index in [1.165, 1.54) is 0 Å². The van der Waals surface area contributed by atoms with E-state index in [2.05, 4.69) is 25.1 Å². The molecule has 1 fully saturated rings. The van der Waals surface area contributed by atoms with Crippen molar-refractivity contribution in [3.05, 3.63) is 42.2 Å². The van der Waals surface area contributed by atoms with Crippen LogP contribution in [-0.4, -0.2) is 73.3 Å². The highest BCUT2D eigenvalue weighted by Gasteiger charge is 2.21. The molecule has 2 aromatic rings. The van der Waals surface area contributed by atoms with Crippen molar-refractivity contribution in [2.24, 2.45) is 0 Å². The lowest BCUT2D eigenvalue weighted by molar-refractivity contribution is 0.0936. The van der Waals surface area contributed by atoms with Gasteiger partial charge in [0.2, 0.25) is 5.95 Å². The second kappa shape index (κ2) is 8.22. The maximum atomic E-state index is 12.5. The van der Waals surface area contributed by atoms with Crippen molar-refractivity contribution in [2.45, 2.75) is 0 Å². The molecule has 2 aliphatic heterocycles. The number of anilines is 1. The summed E-state index contributed by atoms with van der Waals surface area (Å²) in [4.78, 5) is 25.6. The summed E-state index contributed by atoms with van der Waals surface area (Å²) >= 11 is 0. The zero-order valence-corrected chi connectivity index (χ0v) is 15.1. The predicted molar refractivity (Wildman–Crippen MR) is 100 cm³/mol. The van der Waals surface area contributed by atoms with E-state index < -0.39 is 0 Å². The molecule has 0 saturated carbocycles. The van der Waals surface area contributed by atoms with Gasteiger partial charge >= 0.3 is 0 Å². The van der Waals surface area contributed by atoms with Crippen LogP contribution in [0, 0.1) is 0 Å². The Hall–Kier alpha value is -2.87. The highest BCUT2D eigenvalue weighted by Crippen LogP contribution is 2.33. The summed E-state index contributed by atoms with van der Waals surface area (Å²) in [6.07, 6.45) is 3.53. The first-order valence-corrected chi connectivity index (χ1v) is 9.22. The van der Waals surface area contributed by atoms with Crippen LogP contribution in [0.4, 0.5) is 5.95 Å². The van der Waals surface area contributed by atoms with Crippen molar-refractivity contribution in [1.82, 2.24) is 20.2 Å². The summed E-state index contributed by atoms with van der Waals surface area (Å²) < 4.78 is 11.1. The Morgan fingerprint density at radius 3 is 2.63 bits per heavy atom. The number of rotatable bonds is 5. The van der Waals surface area contributed by atoms with Crippen LogP contribution in [0.1, 0.15) is 10.4 Å². The van der Waals surface area contributed by atoms with Gasteiger partial charge in [-0.05, 0) is 18.2 Å². The smallest absolute Gasteiger partial charge is 0.255 e. The summed E-state index contributed by atoms with van der Waals surface area (Å²) in [5.74, 6) is 1.82. The van der Waals surface area contributed by atoms with Crippen molar-refractivity contribution in [3.63, 3.8) is 0 Å². The minimum absolute atomic E-state index is 0.131. The Morgan fingerprint density at radius 2 is 1.81 bits per heavy atom. The third-order valence-corrected chi connectivity index (χ3v) is 4.73. The molecular formula is C19H23N5O3. The predicted octanol–water partition coefficient (Wildman–Crippen LogP) is 0.800. The van der Waals surface area contributed by atoms with Crippen molar-refractivity contribution in [1.29, 1.82) is 0 Å². The molecule has 27 heavy (non-hydrogen) atoms. The molecule has 8 nitrogen and oxygen atoms in total. The van der Waals surface area contributed by atoms with E-state index in [1.807, 2.05) is 18.2 Å². The molecule has 2 aliphatic rings. The van der Waals surface area contributed by atoms with E-state index in [0.717, 1.165) is 38.7 Å². The molecule has 1 aromatic heterocycles. The fourth-order valence-corrected chi connectivity index (χ4v) is 3.30. The van der Waals surface area contributed by atoms with Crippen molar-refractivity contribution < 1.29 is 14.3 Å². The molecule has 3 heterocycles. The number of benzene rings is 1. The van der Waals surface area contributed by atoms with Gasteiger partial charge in [0.1, 0.15) is 13.2 Å². The number of para-hydroxylation sites is 1. The van der Waals surface area contributed by atoms with Crippen molar-refractivity contribution in [2.75, 3.05) is 57.4 Å². The highest BCUT2D eigenvalue weighted by atomic mass is 16.6. The van der Waals surface area contributed by atoms with Crippen LogP contribution in [-0.2, 0) is 0 Å². The Balaban J connectivity index is 1.24. The highest BCUT2D eigenvalue weighted by molar-refractivity contribution is 5.97. The quantitative estimate of drug-likeness (QED) is 0.835. The van der Waals surface area contributed by atoms with E-state index in [1.54, 1.807) is 18.5 Å². The summed E-state index contributed by atoms with van der Waals surface area (Å²) in [6.45, 7) is 5.99. The van der Waals surface area contributed by atoms with E-state index in [-0.39, 0.29) is 5.91 Å². The topological polar surface area (TPSA) is 79.8 Å². The van der Waals surface area contributed by atoms with Gasteiger partial charge in [0.15, 0.2) is 11.5 Å². The van der Waals surface area contributed by atoms with Gasteiger partial charge in [-0.2, -0.15) is 0 Å². The summed E-state index contributed by atoms with van der Waals surface area (Å²) in [6, 6.07) is 7.22.